The molecule has 2 N–H and O–H groups in total. The number of likely N-dealkylation sites (tertiary alicyclic amines) is 1. The van der Waals surface area contributed by atoms with Crippen LogP contribution in [0.1, 0.15) is 83.0 Å². The van der Waals surface area contributed by atoms with Crippen LogP contribution in [-0.2, 0) is 9.59 Å². The first kappa shape index (κ1) is 27.2. The molecule has 2 aromatic rings. The molecule has 2 heterocycles. The zero-order valence-electron chi connectivity index (χ0n) is 22.1. The lowest BCUT2D eigenvalue weighted by atomic mass is 9.85. The van der Waals surface area contributed by atoms with E-state index in [4.69, 9.17) is 0 Å². The summed E-state index contributed by atoms with van der Waals surface area (Å²) in [4.78, 5) is 28.6. The molecule has 4 atom stereocenters. The lowest BCUT2D eigenvalue weighted by Crippen LogP contribution is -2.51. The molecule has 37 heavy (non-hydrogen) atoms. The van der Waals surface area contributed by atoms with Gasteiger partial charge in [0.05, 0.1) is 11.8 Å². The fourth-order valence-electron chi connectivity index (χ4n) is 5.14. The molecule has 3 unspecified atom stereocenters. The van der Waals surface area contributed by atoms with Gasteiger partial charge in [0.25, 0.3) is 0 Å². The van der Waals surface area contributed by atoms with Gasteiger partial charge in [-0.15, -0.1) is 5.10 Å². The maximum atomic E-state index is 13.9. The van der Waals surface area contributed by atoms with E-state index in [1.54, 1.807) is 4.68 Å². The molecule has 0 bridgehead atoms. The van der Waals surface area contributed by atoms with E-state index in [-0.39, 0.29) is 43.2 Å². The summed E-state index contributed by atoms with van der Waals surface area (Å²) in [6.07, 6.45) is 3.24. The molecule has 1 saturated heterocycles. The number of hydrogen-bond donors (Lipinski definition) is 2. The van der Waals surface area contributed by atoms with Crippen molar-refractivity contribution in [2.45, 2.75) is 83.9 Å². The molecular formula is C27H37F2N5O3. The van der Waals surface area contributed by atoms with E-state index >= 15 is 0 Å². The van der Waals surface area contributed by atoms with E-state index in [0.717, 1.165) is 30.7 Å². The average molecular weight is 518 g/mol. The van der Waals surface area contributed by atoms with E-state index in [2.05, 4.69) is 15.6 Å². The number of nitrogens with one attached hydrogen (secondary N) is 1. The van der Waals surface area contributed by atoms with Crippen LogP contribution >= 0.6 is 0 Å². The summed E-state index contributed by atoms with van der Waals surface area (Å²) < 4.78 is 28.9. The van der Waals surface area contributed by atoms with Crippen molar-refractivity contribution in [3.8, 4) is 0 Å². The largest absolute Gasteiger partial charge is 0.391 e. The minimum Gasteiger partial charge on any atom is -0.391 e. The van der Waals surface area contributed by atoms with Crippen LogP contribution in [0.5, 0.6) is 0 Å². The van der Waals surface area contributed by atoms with E-state index in [9.17, 15) is 23.5 Å². The number of aliphatic hydroxyl groups excluding tert-OH is 1. The van der Waals surface area contributed by atoms with Crippen LogP contribution in [0.3, 0.4) is 0 Å². The molecule has 1 aromatic carbocycles. The molecule has 8 nitrogen and oxygen atoms in total. The number of halogens is 2. The van der Waals surface area contributed by atoms with Gasteiger partial charge in [-0.05, 0) is 41.9 Å². The van der Waals surface area contributed by atoms with Crippen molar-refractivity contribution in [1.29, 1.82) is 0 Å². The predicted molar refractivity (Wildman–Crippen MR) is 134 cm³/mol. The number of amides is 2. The maximum absolute atomic E-state index is 13.9. The van der Waals surface area contributed by atoms with Gasteiger partial charge in [0.1, 0.15) is 12.1 Å². The molecule has 2 amide bonds. The Kier molecular flexibility index (Phi) is 7.69. The molecule has 0 spiro atoms. The number of carbonyl (C=O) groups is 2. The van der Waals surface area contributed by atoms with Crippen LogP contribution in [0.2, 0.25) is 0 Å². The van der Waals surface area contributed by atoms with Crippen LogP contribution in [0.25, 0.3) is 0 Å². The monoisotopic (exact) mass is 517 g/mol. The fraction of sp³-hybridized carbons (Fsp3) is 0.630. The van der Waals surface area contributed by atoms with Gasteiger partial charge in [-0.3, -0.25) is 9.59 Å². The van der Waals surface area contributed by atoms with Crippen molar-refractivity contribution in [2.75, 3.05) is 13.1 Å². The summed E-state index contributed by atoms with van der Waals surface area (Å²) in [6, 6.07) is 2.21. The highest BCUT2D eigenvalue weighted by molar-refractivity contribution is 5.90. The lowest BCUT2D eigenvalue weighted by Gasteiger charge is -2.34. The summed E-state index contributed by atoms with van der Waals surface area (Å²) in [7, 11) is 0. The number of aromatic nitrogens is 3. The Hall–Kier alpha value is -2.88. The summed E-state index contributed by atoms with van der Waals surface area (Å²) in [5.74, 6) is -2.37. The summed E-state index contributed by atoms with van der Waals surface area (Å²) in [5, 5.41) is 21.8. The second kappa shape index (κ2) is 10.5. The lowest BCUT2D eigenvalue weighted by molar-refractivity contribution is -0.144. The number of nitrogens with zero attached hydrogens (tertiary/aromatic N) is 4. The van der Waals surface area contributed by atoms with Gasteiger partial charge in [-0.1, -0.05) is 45.9 Å². The van der Waals surface area contributed by atoms with E-state index in [0.29, 0.717) is 11.5 Å². The van der Waals surface area contributed by atoms with Crippen LogP contribution in [0.4, 0.5) is 8.78 Å². The normalized spacial score (nSPS) is 21.8. The van der Waals surface area contributed by atoms with Crippen molar-refractivity contribution in [1.82, 2.24) is 25.2 Å². The van der Waals surface area contributed by atoms with Crippen LogP contribution in [0, 0.1) is 23.0 Å². The number of hydrogen-bond acceptors (Lipinski definition) is 5. The summed E-state index contributed by atoms with van der Waals surface area (Å²) in [5.41, 5.74) is 0.934. The summed E-state index contributed by atoms with van der Waals surface area (Å²) in [6.45, 7) is 9.92. The highest BCUT2D eigenvalue weighted by Crippen LogP contribution is 2.40. The second-order valence-electron chi connectivity index (χ2n) is 11.8. The third-order valence-electron chi connectivity index (χ3n) is 7.38. The molecule has 10 heteroatoms. The Labute approximate surface area is 216 Å². The van der Waals surface area contributed by atoms with Gasteiger partial charge in [0, 0.05) is 37.5 Å². The van der Waals surface area contributed by atoms with Crippen molar-refractivity contribution in [3.05, 3.63) is 47.3 Å². The van der Waals surface area contributed by atoms with Crippen molar-refractivity contribution >= 4 is 11.8 Å². The Morgan fingerprint density at radius 3 is 2.49 bits per heavy atom. The first-order chi connectivity index (χ1) is 17.4. The number of β-amino-alcohol motifs (C(OH)–C–C–N with tert-alkyl or cyclic N) is 1. The van der Waals surface area contributed by atoms with E-state index in [1.807, 2.05) is 40.8 Å². The fourth-order valence-corrected chi connectivity index (χ4v) is 5.14. The number of benzene rings is 1. The second-order valence-corrected chi connectivity index (χ2v) is 11.8. The minimum atomic E-state index is -0.934. The number of carbonyl (C=O) groups excluding carboxylic acids is 2. The van der Waals surface area contributed by atoms with Gasteiger partial charge < -0.3 is 15.3 Å². The third kappa shape index (κ3) is 6.00. The summed E-state index contributed by atoms with van der Waals surface area (Å²) >= 11 is 0. The number of rotatable bonds is 8. The first-order valence-corrected chi connectivity index (χ1v) is 13.0. The van der Waals surface area contributed by atoms with Crippen molar-refractivity contribution < 1.29 is 23.5 Å². The zero-order chi connectivity index (χ0) is 27.1. The molecule has 1 aliphatic heterocycles. The molecule has 2 aliphatic rings. The molecule has 1 saturated carbocycles. The molecule has 1 aromatic heterocycles. The molecular weight excluding hydrogens is 480 g/mol. The number of aliphatic hydroxyl groups is 1. The molecule has 202 valence electrons. The SMILES string of the molecule is CC(C)C(CNC(=O)C1CC(O)CN1C(=O)[C@@H](n1cc(C2CC2)nn1)C(C)(C)C)c1ccc(F)c(F)c1. The zero-order valence-corrected chi connectivity index (χ0v) is 22.1. The van der Waals surface area contributed by atoms with Gasteiger partial charge in [-0.25, -0.2) is 13.5 Å². The molecule has 2 fully saturated rings. The van der Waals surface area contributed by atoms with Crippen molar-refractivity contribution in [2.24, 2.45) is 11.3 Å². The maximum Gasteiger partial charge on any atom is 0.248 e. The van der Waals surface area contributed by atoms with Crippen LogP contribution < -0.4 is 5.32 Å². The molecule has 0 radical (unpaired) electrons. The van der Waals surface area contributed by atoms with Gasteiger partial charge in [0.2, 0.25) is 11.8 Å². The molecule has 4 rings (SSSR count). The average Bonchev–Trinajstić information content (AvgIpc) is 3.42. The minimum absolute atomic E-state index is 0.0373. The highest BCUT2D eigenvalue weighted by atomic mass is 19.2. The smallest absolute Gasteiger partial charge is 0.248 e. The van der Waals surface area contributed by atoms with Crippen LogP contribution in [0.15, 0.2) is 24.4 Å². The molecule has 1 aliphatic carbocycles. The Balaban J connectivity index is 1.51. The Morgan fingerprint density at radius 1 is 1.19 bits per heavy atom. The van der Waals surface area contributed by atoms with Crippen molar-refractivity contribution in [3.63, 3.8) is 0 Å². The van der Waals surface area contributed by atoms with Crippen LogP contribution in [-0.4, -0.2) is 62.0 Å². The highest BCUT2D eigenvalue weighted by Gasteiger charge is 2.45. The first-order valence-electron chi connectivity index (χ1n) is 13.0. The van der Waals surface area contributed by atoms with E-state index < -0.39 is 35.2 Å². The quantitative estimate of drug-likeness (QED) is 0.558. The topological polar surface area (TPSA) is 100 Å². The third-order valence-corrected chi connectivity index (χ3v) is 7.38. The van der Waals surface area contributed by atoms with Gasteiger partial charge in [0.15, 0.2) is 11.6 Å². The van der Waals surface area contributed by atoms with Gasteiger partial charge in [-0.2, -0.15) is 0 Å². The Morgan fingerprint density at radius 2 is 1.89 bits per heavy atom. The predicted octanol–water partition coefficient (Wildman–Crippen LogP) is 3.54. The standard InChI is InChI=1S/C27H37F2N5O3/c1-15(2)19(17-8-9-20(28)21(29)10-17)12-30-25(36)23-11-18(35)13-33(23)26(37)24(27(3,4)5)34-14-22(31-32-34)16-6-7-16/h8-10,14-16,18-19,23-24,35H,6-7,11-13H2,1-5H3,(H,30,36)/t18?,19?,23?,24-/m1/s1. The van der Waals surface area contributed by atoms with Gasteiger partial charge >= 0.3 is 0 Å². The Bertz CT molecular complexity index is 1140. The van der Waals surface area contributed by atoms with E-state index in [1.165, 1.54) is 11.0 Å².